The average Bonchev–Trinajstić information content (AvgIpc) is 3.35. The normalized spacial score (nSPS) is 13.4. The standard InChI is InChI=1S/C21H26N6O/c1-4-25(5-2)21(28)16-6-7-19(15(3)12-16)26-10-9-23-20(26)18-13-17-14-22-8-11-27(17)24-18/h6-7,9-10,12-13,22H,4-5,8,11,14H2,1-3H3. The molecule has 0 saturated carbocycles. The monoisotopic (exact) mass is 378 g/mol. The lowest BCUT2D eigenvalue weighted by Gasteiger charge is -2.19. The van der Waals surface area contributed by atoms with Gasteiger partial charge in [-0.25, -0.2) is 4.98 Å². The number of aryl methyl sites for hydroxylation is 1. The van der Waals surface area contributed by atoms with E-state index in [0.717, 1.165) is 48.0 Å². The van der Waals surface area contributed by atoms with Gasteiger partial charge in [0.25, 0.3) is 5.91 Å². The third-order valence-electron chi connectivity index (χ3n) is 5.29. The highest BCUT2D eigenvalue weighted by Gasteiger charge is 2.18. The van der Waals surface area contributed by atoms with Crippen LogP contribution in [0.1, 0.15) is 35.5 Å². The van der Waals surface area contributed by atoms with Crippen molar-refractivity contribution in [3.8, 4) is 17.2 Å². The molecule has 0 unspecified atom stereocenters. The van der Waals surface area contributed by atoms with E-state index in [2.05, 4.69) is 16.4 Å². The number of benzene rings is 1. The molecule has 1 aliphatic rings. The molecule has 3 aromatic rings. The van der Waals surface area contributed by atoms with Crippen LogP contribution in [-0.2, 0) is 13.1 Å². The lowest BCUT2D eigenvalue weighted by molar-refractivity contribution is 0.0773. The van der Waals surface area contributed by atoms with E-state index in [1.807, 2.05) is 59.3 Å². The van der Waals surface area contributed by atoms with E-state index in [4.69, 9.17) is 5.10 Å². The fraction of sp³-hybridized carbons (Fsp3) is 0.381. The molecule has 1 aromatic carbocycles. The topological polar surface area (TPSA) is 68.0 Å². The van der Waals surface area contributed by atoms with Crippen LogP contribution in [0.25, 0.3) is 17.2 Å². The molecule has 3 heterocycles. The van der Waals surface area contributed by atoms with Crippen LogP contribution in [0.2, 0.25) is 0 Å². The van der Waals surface area contributed by atoms with Gasteiger partial charge in [0.2, 0.25) is 0 Å². The molecule has 7 nitrogen and oxygen atoms in total. The maximum atomic E-state index is 12.6. The Morgan fingerprint density at radius 2 is 2.07 bits per heavy atom. The van der Waals surface area contributed by atoms with E-state index in [-0.39, 0.29) is 5.91 Å². The van der Waals surface area contributed by atoms with E-state index < -0.39 is 0 Å². The molecular weight excluding hydrogens is 352 g/mol. The fourth-order valence-electron chi connectivity index (χ4n) is 3.74. The van der Waals surface area contributed by atoms with Crippen molar-refractivity contribution in [2.45, 2.75) is 33.9 Å². The summed E-state index contributed by atoms with van der Waals surface area (Å²) in [7, 11) is 0. The van der Waals surface area contributed by atoms with Crippen LogP contribution in [0.5, 0.6) is 0 Å². The summed E-state index contributed by atoms with van der Waals surface area (Å²) >= 11 is 0. The number of imidazole rings is 1. The number of fused-ring (bicyclic) bond motifs is 1. The lowest BCUT2D eigenvalue weighted by Crippen LogP contribution is -2.30. The summed E-state index contributed by atoms with van der Waals surface area (Å²) in [5.74, 6) is 0.882. The molecule has 146 valence electrons. The highest BCUT2D eigenvalue weighted by Crippen LogP contribution is 2.25. The van der Waals surface area contributed by atoms with Gasteiger partial charge in [-0.05, 0) is 50.6 Å². The van der Waals surface area contributed by atoms with E-state index >= 15 is 0 Å². The van der Waals surface area contributed by atoms with E-state index in [1.165, 1.54) is 5.69 Å². The van der Waals surface area contributed by atoms with Gasteiger partial charge >= 0.3 is 0 Å². The molecular formula is C21H26N6O. The van der Waals surface area contributed by atoms with Crippen molar-refractivity contribution in [1.82, 2.24) is 29.5 Å². The number of nitrogens with one attached hydrogen (secondary N) is 1. The van der Waals surface area contributed by atoms with Gasteiger partial charge in [0.1, 0.15) is 5.69 Å². The van der Waals surface area contributed by atoms with E-state index in [0.29, 0.717) is 13.1 Å². The Morgan fingerprint density at radius 3 is 2.79 bits per heavy atom. The first-order valence-electron chi connectivity index (χ1n) is 9.83. The first-order valence-corrected chi connectivity index (χ1v) is 9.83. The summed E-state index contributed by atoms with van der Waals surface area (Å²) in [6.45, 7) is 10.1. The Balaban J connectivity index is 1.68. The smallest absolute Gasteiger partial charge is 0.253 e. The quantitative estimate of drug-likeness (QED) is 0.741. The van der Waals surface area contributed by atoms with Gasteiger partial charge < -0.3 is 10.2 Å². The number of hydrogen-bond acceptors (Lipinski definition) is 4. The molecule has 0 radical (unpaired) electrons. The zero-order valence-corrected chi connectivity index (χ0v) is 16.6. The predicted octanol–water partition coefficient (Wildman–Crippen LogP) is 2.63. The Bertz CT molecular complexity index is 975. The van der Waals surface area contributed by atoms with Crippen LogP contribution in [0.3, 0.4) is 0 Å². The van der Waals surface area contributed by atoms with Crippen LogP contribution in [0.15, 0.2) is 36.7 Å². The number of aromatic nitrogens is 4. The van der Waals surface area contributed by atoms with Crippen molar-refractivity contribution in [1.29, 1.82) is 0 Å². The van der Waals surface area contributed by atoms with E-state index in [1.54, 1.807) is 6.20 Å². The second-order valence-corrected chi connectivity index (χ2v) is 7.02. The van der Waals surface area contributed by atoms with Crippen molar-refractivity contribution in [3.63, 3.8) is 0 Å². The van der Waals surface area contributed by atoms with Crippen LogP contribution in [0.4, 0.5) is 0 Å². The van der Waals surface area contributed by atoms with Crippen molar-refractivity contribution >= 4 is 5.91 Å². The average molecular weight is 378 g/mol. The molecule has 2 aromatic heterocycles. The lowest BCUT2D eigenvalue weighted by atomic mass is 10.1. The van der Waals surface area contributed by atoms with Gasteiger partial charge in [-0.3, -0.25) is 14.0 Å². The summed E-state index contributed by atoms with van der Waals surface area (Å²) in [5, 5.41) is 8.10. The Kier molecular flexibility index (Phi) is 5.00. The third kappa shape index (κ3) is 3.22. The predicted molar refractivity (Wildman–Crippen MR) is 108 cm³/mol. The number of hydrogen-bond donors (Lipinski definition) is 1. The highest BCUT2D eigenvalue weighted by atomic mass is 16.2. The van der Waals surface area contributed by atoms with Crippen molar-refractivity contribution in [2.75, 3.05) is 19.6 Å². The molecule has 0 atom stereocenters. The molecule has 0 fully saturated rings. The summed E-state index contributed by atoms with van der Waals surface area (Å²) in [6, 6.07) is 7.95. The zero-order chi connectivity index (χ0) is 19.7. The number of carbonyl (C=O) groups is 1. The molecule has 0 spiro atoms. The fourth-order valence-corrected chi connectivity index (χ4v) is 3.74. The van der Waals surface area contributed by atoms with Crippen LogP contribution < -0.4 is 5.32 Å². The summed E-state index contributed by atoms with van der Waals surface area (Å²) < 4.78 is 4.09. The van der Waals surface area contributed by atoms with Crippen molar-refractivity contribution in [2.24, 2.45) is 0 Å². The summed E-state index contributed by atoms with van der Waals surface area (Å²) in [4.78, 5) is 19.0. The molecule has 1 N–H and O–H groups in total. The number of rotatable bonds is 5. The first kappa shape index (κ1) is 18.4. The Labute approximate surface area is 165 Å². The van der Waals surface area contributed by atoms with Gasteiger partial charge in [-0.15, -0.1) is 0 Å². The van der Waals surface area contributed by atoms with Crippen LogP contribution in [-0.4, -0.2) is 49.8 Å². The molecule has 4 rings (SSSR count). The molecule has 0 aliphatic carbocycles. The summed E-state index contributed by atoms with van der Waals surface area (Å²) in [5.41, 5.74) is 4.80. The van der Waals surface area contributed by atoms with E-state index in [9.17, 15) is 4.79 Å². The summed E-state index contributed by atoms with van der Waals surface area (Å²) in [6.07, 6.45) is 3.74. The molecule has 1 aliphatic heterocycles. The molecule has 28 heavy (non-hydrogen) atoms. The Hall–Kier alpha value is -2.93. The largest absolute Gasteiger partial charge is 0.339 e. The number of nitrogens with zero attached hydrogens (tertiary/aromatic N) is 5. The minimum atomic E-state index is 0.0692. The Morgan fingerprint density at radius 1 is 1.25 bits per heavy atom. The number of amides is 1. The zero-order valence-electron chi connectivity index (χ0n) is 16.6. The minimum absolute atomic E-state index is 0.0692. The number of carbonyl (C=O) groups excluding carboxylic acids is 1. The van der Waals surface area contributed by atoms with Crippen LogP contribution >= 0.6 is 0 Å². The highest BCUT2D eigenvalue weighted by molar-refractivity contribution is 5.94. The third-order valence-corrected chi connectivity index (χ3v) is 5.29. The van der Waals surface area contributed by atoms with Crippen LogP contribution in [0, 0.1) is 6.92 Å². The molecule has 1 amide bonds. The van der Waals surface area contributed by atoms with Gasteiger partial charge in [-0.1, -0.05) is 0 Å². The second kappa shape index (κ2) is 7.59. The molecule has 0 saturated heterocycles. The molecule has 0 bridgehead atoms. The van der Waals surface area contributed by atoms with Crippen molar-refractivity contribution < 1.29 is 4.79 Å². The van der Waals surface area contributed by atoms with Crippen molar-refractivity contribution in [3.05, 3.63) is 53.5 Å². The van der Waals surface area contributed by atoms with Gasteiger partial charge in [0.05, 0.1) is 17.9 Å². The maximum absolute atomic E-state index is 12.6. The van der Waals surface area contributed by atoms with Gasteiger partial charge in [0.15, 0.2) is 5.82 Å². The SMILES string of the molecule is CCN(CC)C(=O)c1ccc(-n2ccnc2-c2cc3n(n2)CCNC3)c(C)c1. The van der Waals surface area contributed by atoms with Gasteiger partial charge in [0, 0.05) is 44.1 Å². The second-order valence-electron chi connectivity index (χ2n) is 7.02. The maximum Gasteiger partial charge on any atom is 0.253 e. The minimum Gasteiger partial charge on any atom is -0.339 e. The first-order chi connectivity index (χ1) is 13.6. The molecule has 7 heteroatoms. The van der Waals surface area contributed by atoms with Gasteiger partial charge in [-0.2, -0.15) is 5.10 Å².